The van der Waals surface area contributed by atoms with Crippen LogP contribution in [-0.4, -0.2) is 58.3 Å². The Hall–Kier alpha value is -2.21. The number of hydrogen-bond acceptors (Lipinski definition) is 5. The van der Waals surface area contributed by atoms with E-state index in [1.165, 1.54) is 18.9 Å². The van der Waals surface area contributed by atoms with E-state index >= 15 is 0 Å². The van der Waals surface area contributed by atoms with Gasteiger partial charge in [0.2, 0.25) is 11.7 Å². The highest BCUT2D eigenvalue weighted by atomic mass is 16.5. The quantitative estimate of drug-likeness (QED) is 0.720. The van der Waals surface area contributed by atoms with E-state index in [1.807, 2.05) is 0 Å². The number of methoxy groups -OCH3 is 3. The zero-order valence-electron chi connectivity index (χ0n) is 16.2. The normalized spacial score (nSPS) is 17.9. The van der Waals surface area contributed by atoms with Crippen molar-refractivity contribution in [2.24, 2.45) is 5.92 Å². The van der Waals surface area contributed by atoms with Gasteiger partial charge in [-0.2, -0.15) is 0 Å². The number of amides is 1. The molecule has 1 heterocycles. The van der Waals surface area contributed by atoms with E-state index in [9.17, 15) is 4.79 Å². The van der Waals surface area contributed by atoms with Gasteiger partial charge in [0.15, 0.2) is 11.5 Å². The maximum absolute atomic E-state index is 12.1. The Kier molecular flexibility index (Phi) is 7.78. The van der Waals surface area contributed by atoms with Gasteiger partial charge < -0.3 is 24.4 Å². The van der Waals surface area contributed by atoms with Crippen LogP contribution in [0.2, 0.25) is 0 Å². The number of carbonyl (C=O) groups excluding carboxylic acids is 1. The van der Waals surface area contributed by atoms with Crippen LogP contribution in [0, 0.1) is 5.92 Å². The number of benzene rings is 1. The first kappa shape index (κ1) is 20.1. The lowest BCUT2D eigenvalue weighted by atomic mass is 10.0. The van der Waals surface area contributed by atoms with E-state index < -0.39 is 0 Å². The first-order chi connectivity index (χ1) is 12.6. The molecule has 26 heavy (non-hydrogen) atoms. The first-order valence-electron chi connectivity index (χ1n) is 9.05. The molecular formula is C20H30N2O4. The van der Waals surface area contributed by atoms with Gasteiger partial charge in [0.05, 0.1) is 21.3 Å². The van der Waals surface area contributed by atoms with Crippen LogP contribution in [0.25, 0.3) is 6.08 Å². The summed E-state index contributed by atoms with van der Waals surface area (Å²) in [6, 6.07) is 3.61. The fourth-order valence-corrected chi connectivity index (χ4v) is 3.26. The van der Waals surface area contributed by atoms with Crippen molar-refractivity contribution in [3.8, 4) is 17.2 Å². The summed E-state index contributed by atoms with van der Waals surface area (Å²) in [5, 5.41) is 2.94. The van der Waals surface area contributed by atoms with Gasteiger partial charge in [-0.25, -0.2) is 0 Å². The maximum atomic E-state index is 12.1. The smallest absolute Gasteiger partial charge is 0.244 e. The van der Waals surface area contributed by atoms with Crippen LogP contribution in [0.15, 0.2) is 18.2 Å². The average molecular weight is 362 g/mol. The molecule has 1 amide bonds. The number of nitrogens with zero attached hydrogens (tertiary/aromatic N) is 1. The largest absolute Gasteiger partial charge is 0.493 e. The zero-order chi connectivity index (χ0) is 18.9. The summed E-state index contributed by atoms with van der Waals surface area (Å²) in [6.07, 6.45) is 5.82. The minimum absolute atomic E-state index is 0.108. The highest BCUT2D eigenvalue weighted by Gasteiger charge is 2.15. The average Bonchev–Trinajstić information content (AvgIpc) is 2.65. The van der Waals surface area contributed by atoms with Crippen LogP contribution in [-0.2, 0) is 4.79 Å². The van der Waals surface area contributed by atoms with Crippen LogP contribution in [0.1, 0.15) is 25.3 Å². The number of carbonyl (C=O) groups is 1. The molecule has 0 bridgehead atoms. The van der Waals surface area contributed by atoms with E-state index in [2.05, 4.69) is 17.1 Å². The fourth-order valence-electron chi connectivity index (χ4n) is 3.26. The third-order valence-electron chi connectivity index (χ3n) is 4.58. The van der Waals surface area contributed by atoms with Gasteiger partial charge in [0.25, 0.3) is 0 Å². The Morgan fingerprint density at radius 3 is 2.50 bits per heavy atom. The Labute approximate surface area is 156 Å². The lowest BCUT2D eigenvalue weighted by Gasteiger charge is -2.30. The number of nitrogens with one attached hydrogen (secondary N) is 1. The molecule has 1 aliphatic heterocycles. The van der Waals surface area contributed by atoms with Crippen LogP contribution in [0.3, 0.4) is 0 Å². The van der Waals surface area contributed by atoms with Gasteiger partial charge in [-0.15, -0.1) is 0 Å². The molecule has 1 saturated heterocycles. The van der Waals surface area contributed by atoms with E-state index in [1.54, 1.807) is 39.5 Å². The number of hydrogen-bond donors (Lipinski definition) is 1. The van der Waals surface area contributed by atoms with Gasteiger partial charge in [-0.3, -0.25) is 4.79 Å². The lowest BCUT2D eigenvalue weighted by molar-refractivity contribution is -0.116. The number of ether oxygens (including phenoxy) is 3. The second kappa shape index (κ2) is 10.1. The first-order valence-corrected chi connectivity index (χ1v) is 9.05. The van der Waals surface area contributed by atoms with Crippen molar-refractivity contribution in [2.75, 3.05) is 47.5 Å². The standard InChI is InChI=1S/C20H30N2O4/c1-15-6-5-10-22(14-15)11-9-21-19(23)8-7-16-12-17(24-2)20(26-4)18(13-16)25-3/h7-8,12-13,15H,5-6,9-11,14H2,1-4H3,(H,21,23)/b8-7+/t15-/m1/s1. The second-order valence-corrected chi connectivity index (χ2v) is 6.63. The van der Waals surface area contributed by atoms with Gasteiger partial charge >= 0.3 is 0 Å². The monoisotopic (exact) mass is 362 g/mol. The number of likely N-dealkylation sites (tertiary alicyclic amines) is 1. The van der Waals surface area contributed by atoms with Crippen molar-refractivity contribution in [3.05, 3.63) is 23.8 Å². The van der Waals surface area contributed by atoms with E-state index in [-0.39, 0.29) is 5.91 Å². The molecule has 144 valence electrons. The molecule has 0 unspecified atom stereocenters. The van der Waals surface area contributed by atoms with Crippen LogP contribution < -0.4 is 19.5 Å². The summed E-state index contributed by atoms with van der Waals surface area (Å²) in [7, 11) is 4.70. The molecule has 0 spiro atoms. The summed E-state index contributed by atoms with van der Waals surface area (Å²) >= 11 is 0. The van der Waals surface area contributed by atoms with E-state index in [0.717, 1.165) is 31.1 Å². The summed E-state index contributed by atoms with van der Waals surface area (Å²) in [5.74, 6) is 2.30. The van der Waals surface area contributed by atoms with Crippen molar-refractivity contribution in [2.45, 2.75) is 19.8 Å². The molecule has 6 heteroatoms. The third kappa shape index (κ3) is 5.66. The molecule has 2 rings (SSSR count). The topological polar surface area (TPSA) is 60.0 Å². The fraction of sp³-hybridized carbons (Fsp3) is 0.550. The highest BCUT2D eigenvalue weighted by molar-refractivity contribution is 5.91. The van der Waals surface area contributed by atoms with Crippen LogP contribution in [0.5, 0.6) is 17.2 Å². The van der Waals surface area contributed by atoms with Crippen molar-refractivity contribution in [3.63, 3.8) is 0 Å². The van der Waals surface area contributed by atoms with Crippen LogP contribution >= 0.6 is 0 Å². The Bertz CT molecular complexity index is 605. The van der Waals surface area contributed by atoms with E-state index in [4.69, 9.17) is 14.2 Å². The minimum atomic E-state index is -0.108. The molecule has 0 aliphatic carbocycles. The predicted molar refractivity (Wildman–Crippen MR) is 103 cm³/mol. The van der Waals surface area contributed by atoms with Crippen molar-refractivity contribution in [1.82, 2.24) is 10.2 Å². The molecule has 1 N–H and O–H groups in total. The second-order valence-electron chi connectivity index (χ2n) is 6.63. The summed E-state index contributed by atoms with van der Waals surface area (Å²) < 4.78 is 15.9. The number of rotatable bonds is 8. The SMILES string of the molecule is COc1cc(/C=C/C(=O)NCCN2CCC[C@@H](C)C2)cc(OC)c1OC. The molecule has 1 aliphatic rings. The van der Waals surface area contributed by atoms with Gasteiger partial charge in [0.1, 0.15) is 0 Å². The lowest BCUT2D eigenvalue weighted by Crippen LogP contribution is -2.39. The Morgan fingerprint density at radius 1 is 1.23 bits per heavy atom. The van der Waals surface area contributed by atoms with Gasteiger partial charge in [-0.05, 0) is 49.1 Å². The molecular weight excluding hydrogens is 332 g/mol. The van der Waals surface area contributed by atoms with Crippen molar-refractivity contribution >= 4 is 12.0 Å². The molecule has 6 nitrogen and oxygen atoms in total. The van der Waals surface area contributed by atoms with E-state index in [0.29, 0.717) is 23.8 Å². The third-order valence-corrected chi connectivity index (χ3v) is 4.58. The summed E-state index contributed by atoms with van der Waals surface area (Å²) in [6.45, 7) is 6.09. The van der Waals surface area contributed by atoms with Gasteiger partial charge in [-0.1, -0.05) is 6.92 Å². The summed E-state index contributed by atoms with van der Waals surface area (Å²) in [4.78, 5) is 14.5. The number of piperidine rings is 1. The predicted octanol–water partition coefficient (Wildman–Crippen LogP) is 2.57. The van der Waals surface area contributed by atoms with Gasteiger partial charge in [0, 0.05) is 25.7 Å². The molecule has 1 fully saturated rings. The summed E-state index contributed by atoms with van der Waals surface area (Å²) in [5.41, 5.74) is 0.805. The molecule has 0 radical (unpaired) electrons. The zero-order valence-corrected chi connectivity index (χ0v) is 16.2. The highest BCUT2D eigenvalue weighted by Crippen LogP contribution is 2.38. The van der Waals surface area contributed by atoms with Crippen LogP contribution in [0.4, 0.5) is 0 Å². The van der Waals surface area contributed by atoms with Crippen molar-refractivity contribution < 1.29 is 19.0 Å². The van der Waals surface area contributed by atoms with Crippen molar-refractivity contribution in [1.29, 1.82) is 0 Å². The Balaban J connectivity index is 1.89. The Morgan fingerprint density at radius 2 is 1.92 bits per heavy atom. The molecule has 1 atom stereocenters. The molecule has 0 saturated carbocycles. The molecule has 1 aromatic rings. The minimum Gasteiger partial charge on any atom is -0.493 e. The molecule has 0 aromatic heterocycles. The molecule has 1 aromatic carbocycles. The maximum Gasteiger partial charge on any atom is 0.244 e.